The van der Waals surface area contributed by atoms with Gasteiger partial charge in [0.1, 0.15) is 6.67 Å². The van der Waals surface area contributed by atoms with Crippen molar-refractivity contribution >= 4 is 23.1 Å². The van der Waals surface area contributed by atoms with Gasteiger partial charge in [0.2, 0.25) is 5.95 Å². The van der Waals surface area contributed by atoms with E-state index in [2.05, 4.69) is 27.0 Å². The molecule has 3 rings (SSSR count). The van der Waals surface area contributed by atoms with Crippen molar-refractivity contribution in [2.24, 2.45) is 7.05 Å². The molecule has 0 amide bonds. The predicted octanol–water partition coefficient (Wildman–Crippen LogP) is -0.0676. The van der Waals surface area contributed by atoms with Crippen molar-refractivity contribution in [2.75, 3.05) is 37.8 Å². The Balaban J connectivity index is 0.000000451. The highest BCUT2D eigenvalue weighted by Crippen LogP contribution is 2.20. The number of aryl methyl sites for hydroxylation is 1. The maximum absolute atomic E-state index is 13.0. The highest BCUT2D eigenvalue weighted by atomic mass is 19.4. The van der Waals surface area contributed by atoms with Gasteiger partial charge in [-0.1, -0.05) is 5.92 Å². The average molecular weight is 462 g/mol. The number of alkyl halides is 4. The quantitative estimate of drug-likeness (QED) is 0.483. The average Bonchev–Trinajstić information content (AvgIpc) is 3.13. The first kappa shape index (κ1) is 24.9. The lowest BCUT2D eigenvalue weighted by atomic mass is 10.4. The van der Waals surface area contributed by atoms with E-state index in [1.807, 2.05) is 0 Å². The number of piperazine rings is 1. The first-order valence-electron chi connectivity index (χ1n) is 9.46. The van der Waals surface area contributed by atoms with Crippen LogP contribution in [0.15, 0.2) is 9.59 Å². The number of nitrogens with zero attached hydrogens (tertiary/aromatic N) is 5. The van der Waals surface area contributed by atoms with Crippen molar-refractivity contribution in [3.05, 3.63) is 20.8 Å². The van der Waals surface area contributed by atoms with Gasteiger partial charge in [0.25, 0.3) is 5.56 Å². The molecule has 2 N–H and O–H groups in total. The third-order valence-electron chi connectivity index (χ3n) is 4.57. The monoisotopic (exact) mass is 462 g/mol. The summed E-state index contributed by atoms with van der Waals surface area (Å²) >= 11 is 0. The molecule has 10 nitrogen and oxygen atoms in total. The molecule has 1 saturated heterocycles. The zero-order valence-corrected chi connectivity index (χ0v) is 17.4. The van der Waals surface area contributed by atoms with Crippen LogP contribution in [0.4, 0.5) is 23.5 Å². The smallest absolute Gasteiger partial charge is 0.475 e. The molecule has 0 saturated carbocycles. The van der Waals surface area contributed by atoms with Crippen molar-refractivity contribution in [3.63, 3.8) is 0 Å². The van der Waals surface area contributed by atoms with Crippen LogP contribution in [0.3, 0.4) is 0 Å². The second-order valence-corrected chi connectivity index (χ2v) is 6.62. The first-order chi connectivity index (χ1) is 15.0. The third kappa shape index (κ3) is 5.28. The lowest BCUT2D eigenvalue weighted by Crippen LogP contribution is -2.44. The maximum Gasteiger partial charge on any atom is 0.490 e. The standard InChI is InChI=1S/C16H21FN6O2.C2HF3O2/c1-3-4-8-22-12-13(19-15(22)21-10-6-18-7-11-21)23(9-5-17)16(25)20(2)14(12)24;3-2(4,5)1(6)7/h18H,5-11H2,1-2H3;(H,6,7). The highest BCUT2D eigenvalue weighted by molar-refractivity contribution is 5.75. The van der Waals surface area contributed by atoms with E-state index in [4.69, 9.17) is 9.90 Å². The Morgan fingerprint density at radius 3 is 2.31 bits per heavy atom. The van der Waals surface area contributed by atoms with Gasteiger partial charge in [0.05, 0.1) is 13.1 Å². The summed E-state index contributed by atoms with van der Waals surface area (Å²) < 4.78 is 48.6. The minimum absolute atomic E-state index is 0.138. The molecule has 0 bridgehead atoms. The molecular weight excluding hydrogens is 440 g/mol. The van der Waals surface area contributed by atoms with Crippen LogP contribution >= 0.6 is 0 Å². The van der Waals surface area contributed by atoms with E-state index in [1.54, 1.807) is 11.5 Å². The molecule has 0 atom stereocenters. The normalized spacial score (nSPS) is 13.9. The van der Waals surface area contributed by atoms with E-state index in [9.17, 15) is 27.2 Å². The van der Waals surface area contributed by atoms with Crippen molar-refractivity contribution in [1.29, 1.82) is 0 Å². The summed E-state index contributed by atoms with van der Waals surface area (Å²) in [5, 5.41) is 10.4. The largest absolute Gasteiger partial charge is 0.490 e. The van der Waals surface area contributed by atoms with Crippen molar-refractivity contribution in [3.8, 4) is 11.8 Å². The summed E-state index contributed by atoms with van der Waals surface area (Å²) in [6.07, 6.45) is -5.08. The molecule has 0 aromatic carbocycles. The molecular formula is C18H22F4N6O4. The molecule has 3 heterocycles. The SMILES string of the molecule is CC#CCn1c(N2CCNCC2)nc2c1c(=O)n(C)c(=O)n2CCF.O=C(O)C(F)(F)F. The Hall–Kier alpha value is -3.34. The molecule has 0 aliphatic carbocycles. The highest BCUT2D eigenvalue weighted by Gasteiger charge is 2.38. The summed E-state index contributed by atoms with van der Waals surface area (Å²) in [7, 11) is 1.40. The predicted molar refractivity (Wildman–Crippen MR) is 107 cm³/mol. The van der Waals surface area contributed by atoms with E-state index < -0.39 is 30.1 Å². The molecule has 0 unspecified atom stereocenters. The van der Waals surface area contributed by atoms with E-state index >= 15 is 0 Å². The Kier molecular flexibility index (Phi) is 8.03. The zero-order valence-electron chi connectivity index (χ0n) is 17.4. The molecule has 2 aromatic rings. The molecule has 1 aliphatic heterocycles. The van der Waals surface area contributed by atoms with Crippen molar-refractivity contribution < 1.29 is 27.5 Å². The van der Waals surface area contributed by atoms with Gasteiger partial charge in [-0.25, -0.2) is 14.0 Å². The van der Waals surface area contributed by atoms with E-state index in [0.29, 0.717) is 5.95 Å². The first-order valence-corrected chi connectivity index (χ1v) is 9.46. The van der Waals surface area contributed by atoms with Crippen LogP contribution in [0.5, 0.6) is 0 Å². The van der Waals surface area contributed by atoms with E-state index in [0.717, 1.165) is 30.7 Å². The Bertz CT molecular complexity index is 1150. The molecule has 32 heavy (non-hydrogen) atoms. The third-order valence-corrected chi connectivity index (χ3v) is 4.57. The number of imidazole rings is 1. The maximum atomic E-state index is 13.0. The summed E-state index contributed by atoms with van der Waals surface area (Å²) in [6.45, 7) is 4.23. The van der Waals surface area contributed by atoms with Crippen LogP contribution in [-0.2, 0) is 24.9 Å². The van der Waals surface area contributed by atoms with Crippen LogP contribution < -0.4 is 21.5 Å². The molecule has 1 aliphatic rings. The van der Waals surface area contributed by atoms with Crippen LogP contribution in [0.2, 0.25) is 0 Å². The summed E-state index contributed by atoms with van der Waals surface area (Å²) in [5.41, 5.74) is -0.501. The van der Waals surface area contributed by atoms with Gasteiger partial charge in [0.15, 0.2) is 11.2 Å². The fourth-order valence-corrected chi connectivity index (χ4v) is 3.05. The molecule has 176 valence electrons. The number of rotatable bonds is 4. The number of carboxylic acids is 1. The molecule has 0 radical (unpaired) electrons. The van der Waals surface area contributed by atoms with E-state index in [1.165, 1.54) is 11.6 Å². The van der Waals surface area contributed by atoms with Crippen LogP contribution in [0, 0.1) is 11.8 Å². The van der Waals surface area contributed by atoms with Crippen LogP contribution in [0.1, 0.15) is 6.92 Å². The Morgan fingerprint density at radius 1 is 1.22 bits per heavy atom. The molecule has 2 aromatic heterocycles. The fraction of sp³-hybridized carbons (Fsp3) is 0.556. The number of anilines is 1. The number of fused-ring (bicyclic) bond motifs is 1. The van der Waals surface area contributed by atoms with Gasteiger partial charge >= 0.3 is 17.8 Å². The number of carboxylic acid groups (broad SMARTS) is 1. The number of aliphatic carboxylic acids is 1. The molecule has 14 heteroatoms. The topological polar surface area (TPSA) is 114 Å². The van der Waals surface area contributed by atoms with Crippen LogP contribution in [0.25, 0.3) is 11.2 Å². The zero-order chi connectivity index (χ0) is 24.1. The van der Waals surface area contributed by atoms with Gasteiger partial charge in [-0.3, -0.25) is 18.5 Å². The summed E-state index contributed by atoms with van der Waals surface area (Å²) in [6, 6.07) is 0. The number of hydrogen-bond acceptors (Lipinski definition) is 6. The van der Waals surface area contributed by atoms with Gasteiger partial charge in [-0.2, -0.15) is 18.2 Å². The Labute approximate surface area is 179 Å². The van der Waals surface area contributed by atoms with Crippen molar-refractivity contribution in [1.82, 2.24) is 24.0 Å². The summed E-state index contributed by atoms with van der Waals surface area (Å²) in [4.78, 5) is 40.6. The number of hydrogen-bond donors (Lipinski definition) is 2. The van der Waals surface area contributed by atoms with E-state index in [-0.39, 0.29) is 24.3 Å². The lowest BCUT2D eigenvalue weighted by molar-refractivity contribution is -0.192. The number of nitrogens with one attached hydrogen (secondary N) is 1. The van der Waals surface area contributed by atoms with Crippen molar-refractivity contribution in [2.45, 2.75) is 26.2 Å². The van der Waals surface area contributed by atoms with Gasteiger partial charge in [-0.05, 0) is 6.92 Å². The Morgan fingerprint density at radius 2 is 1.81 bits per heavy atom. The minimum atomic E-state index is -5.08. The summed E-state index contributed by atoms with van der Waals surface area (Å²) in [5.74, 6) is 3.61. The molecule has 0 spiro atoms. The number of halogens is 4. The van der Waals surface area contributed by atoms with Crippen LogP contribution in [-0.4, -0.2) is 68.8 Å². The second-order valence-electron chi connectivity index (χ2n) is 6.62. The fourth-order valence-electron chi connectivity index (χ4n) is 3.05. The lowest BCUT2D eigenvalue weighted by Gasteiger charge is -2.28. The van der Waals surface area contributed by atoms with Gasteiger partial charge < -0.3 is 15.3 Å². The second kappa shape index (κ2) is 10.3. The van der Waals surface area contributed by atoms with Gasteiger partial charge in [-0.15, -0.1) is 5.92 Å². The molecule has 1 fully saturated rings. The number of aromatic nitrogens is 4. The number of carbonyl (C=O) groups is 1. The minimum Gasteiger partial charge on any atom is -0.475 e. The van der Waals surface area contributed by atoms with Gasteiger partial charge in [0, 0.05) is 33.2 Å².